The molecule has 3 rings (SSSR count). The summed E-state index contributed by atoms with van der Waals surface area (Å²) in [4.78, 5) is 25.6. The van der Waals surface area contributed by atoms with Crippen molar-refractivity contribution < 1.29 is 28.3 Å². The molecule has 0 bridgehead atoms. The monoisotopic (exact) mass is 578 g/mol. The minimum Gasteiger partial charge on any atom is -0.466 e. The summed E-state index contributed by atoms with van der Waals surface area (Å²) in [7, 11) is -1.99. The highest BCUT2D eigenvalue weighted by molar-refractivity contribution is 8.24. The van der Waals surface area contributed by atoms with Crippen molar-refractivity contribution in [3.05, 3.63) is 58.9 Å². The molecule has 39 heavy (non-hydrogen) atoms. The summed E-state index contributed by atoms with van der Waals surface area (Å²) in [6, 6.07) is 9.89. The molecule has 9 nitrogen and oxygen atoms in total. The van der Waals surface area contributed by atoms with E-state index in [1.54, 1.807) is 18.2 Å². The van der Waals surface area contributed by atoms with E-state index >= 15 is 0 Å². The number of nitro groups is 1. The highest BCUT2D eigenvalue weighted by Crippen LogP contribution is 2.62. The van der Waals surface area contributed by atoms with Crippen molar-refractivity contribution >= 4 is 45.4 Å². The number of ether oxygens (including phenoxy) is 2. The number of non-ortho nitro benzene ring substituents is 1. The summed E-state index contributed by atoms with van der Waals surface area (Å²) in [6.07, 6.45) is 9.79. The number of carbonyl (C=O) groups is 1. The van der Waals surface area contributed by atoms with Crippen molar-refractivity contribution in [2.45, 2.75) is 62.2 Å². The van der Waals surface area contributed by atoms with Gasteiger partial charge in [-0.25, -0.2) is 4.79 Å². The Hall–Kier alpha value is -2.73. The highest BCUT2D eigenvalue weighted by Gasteiger charge is 2.42. The van der Waals surface area contributed by atoms with Crippen molar-refractivity contribution in [1.82, 2.24) is 0 Å². The minimum absolute atomic E-state index is 0.00717. The molecule has 0 spiro atoms. The molecule has 11 heteroatoms. The summed E-state index contributed by atoms with van der Waals surface area (Å²) in [6.45, 7) is 4.80. The fourth-order valence-electron chi connectivity index (χ4n) is 4.97. The van der Waals surface area contributed by atoms with Gasteiger partial charge in [-0.05, 0) is 37.3 Å². The largest absolute Gasteiger partial charge is 0.466 e. The SMILES string of the molecule is CCCCC1(CCCC)CN(c2ccc([N+](=O)[O-])cc2)c2cc(SC)c(O/C=C/C(=O)OC)cc2S(O)(O)C1. The second kappa shape index (κ2) is 13.6. The maximum Gasteiger partial charge on any atom is 0.333 e. The average molecular weight is 579 g/mol. The van der Waals surface area contributed by atoms with Crippen LogP contribution in [0.4, 0.5) is 17.1 Å². The number of rotatable bonds is 12. The zero-order chi connectivity index (χ0) is 28.6. The molecule has 0 saturated heterocycles. The summed E-state index contributed by atoms with van der Waals surface area (Å²) in [5.41, 5.74) is 0.985. The number of hydrogen-bond donors (Lipinski definition) is 2. The van der Waals surface area contributed by atoms with Gasteiger partial charge < -0.3 is 14.4 Å². The van der Waals surface area contributed by atoms with Gasteiger partial charge in [-0.15, -0.1) is 11.8 Å². The molecule has 0 unspecified atom stereocenters. The van der Waals surface area contributed by atoms with Gasteiger partial charge in [0.05, 0.1) is 39.8 Å². The summed E-state index contributed by atoms with van der Waals surface area (Å²) < 4.78 is 33.8. The molecular formula is C28H38N2O7S2. The Morgan fingerprint density at radius 3 is 2.36 bits per heavy atom. The zero-order valence-electron chi connectivity index (χ0n) is 22.9. The molecule has 0 aliphatic carbocycles. The molecule has 0 aromatic heterocycles. The number of nitrogens with zero attached hydrogens (tertiary/aromatic N) is 2. The van der Waals surface area contributed by atoms with E-state index in [0.717, 1.165) is 55.2 Å². The van der Waals surface area contributed by atoms with Gasteiger partial charge >= 0.3 is 5.97 Å². The Labute approximate surface area is 236 Å². The molecule has 2 aromatic rings. The first-order valence-corrected chi connectivity index (χ1v) is 15.9. The van der Waals surface area contributed by atoms with Crippen LogP contribution in [0.5, 0.6) is 5.75 Å². The predicted octanol–water partition coefficient (Wildman–Crippen LogP) is 8.01. The maximum atomic E-state index is 11.7. The lowest BCUT2D eigenvalue weighted by atomic mass is 9.79. The molecule has 214 valence electrons. The van der Waals surface area contributed by atoms with Crippen LogP contribution in [0.1, 0.15) is 52.4 Å². The third kappa shape index (κ3) is 7.47. The van der Waals surface area contributed by atoms with Crippen LogP contribution in [0.3, 0.4) is 0 Å². The lowest BCUT2D eigenvalue weighted by Gasteiger charge is -2.42. The minimum atomic E-state index is -3.26. The fraction of sp³-hybridized carbons (Fsp3) is 0.464. The normalized spacial score (nSPS) is 16.8. The summed E-state index contributed by atoms with van der Waals surface area (Å²) >= 11 is 1.43. The number of nitro benzene ring substituents is 1. The van der Waals surface area contributed by atoms with Crippen molar-refractivity contribution in [2.24, 2.45) is 5.41 Å². The molecular weight excluding hydrogens is 540 g/mol. The van der Waals surface area contributed by atoms with Crippen LogP contribution in [0.2, 0.25) is 0 Å². The Bertz CT molecular complexity index is 1180. The molecule has 0 saturated carbocycles. The van der Waals surface area contributed by atoms with Gasteiger partial charge in [0.1, 0.15) is 5.75 Å². The lowest BCUT2D eigenvalue weighted by Crippen LogP contribution is -2.37. The number of unbranched alkanes of at least 4 members (excludes halogenated alkanes) is 2. The van der Waals surface area contributed by atoms with Crippen LogP contribution in [0.25, 0.3) is 0 Å². The van der Waals surface area contributed by atoms with E-state index in [4.69, 9.17) is 4.74 Å². The third-order valence-electron chi connectivity index (χ3n) is 6.98. The van der Waals surface area contributed by atoms with Crippen molar-refractivity contribution in [3.8, 4) is 5.75 Å². The lowest BCUT2D eigenvalue weighted by molar-refractivity contribution is -0.384. The van der Waals surface area contributed by atoms with E-state index in [-0.39, 0.29) is 16.9 Å². The maximum absolute atomic E-state index is 11.7. The summed E-state index contributed by atoms with van der Waals surface area (Å²) in [5, 5.41) is 11.3. The number of hydrogen-bond acceptors (Lipinski definition) is 9. The molecule has 0 atom stereocenters. The van der Waals surface area contributed by atoms with Crippen LogP contribution in [0.15, 0.2) is 58.5 Å². The molecule has 0 radical (unpaired) electrons. The third-order valence-corrected chi connectivity index (χ3v) is 9.79. The molecule has 1 aliphatic rings. The van der Waals surface area contributed by atoms with Crippen LogP contribution in [-0.4, -0.2) is 45.7 Å². The molecule has 2 N–H and O–H groups in total. The first-order valence-electron chi connectivity index (χ1n) is 13.0. The van der Waals surface area contributed by atoms with E-state index in [9.17, 15) is 24.0 Å². The Kier molecular flexibility index (Phi) is 10.7. The fourth-order valence-corrected chi connectivity index (χ4v) is 7.70. The van der Waals surface area contributed by atoms with E-state index in [1.807, 2.05) is 12.3 Å². The van der Waals surface area contributed by atoms with Gasteiger partial charge in [0.2, 0.25) is 0 Å². The Morgan fingerprint density at radius 2 is 1.82 bits per heavy atom. The first-order chi connectivity index (χ1) is 18.6. The molecule has 0 amide bonds. The first kappa shape index (κ1) is 30.8. The Morgan fingerprint density at radius 1 is 1.18 bits per heavy atom. The van der Waals surface area contributed by atoms with Crippen LogP contribution in [-0.2, 0) is 9.53 Å². The summed E-state index contributed by atoms with van der Waals surface area (Å²) in [5.74, 6) is 0.0346. The molecule has 1 aliphatic heterocycles. The van der Waals surface area contributed by atoms with E-state index in [0.29, 0.717) is 22.9 Å². The number of benzene rings is 2. The van der Waals surface area contributed by atoms with Gasteiger partial charge in [-0.1, -0.05) is 39.5 Å². The van der Waals surface area contributed by atoms with Gasteiger partial charge in [-0.3, -0.25) is 19.2 Å². The van der Waals surface area contributed by atoms with Crippen molar-refractivity contribution in [2.75, 3.05) is 30.6 Å². The van der Waals surface area contributed by atoms with E-state index < -0.39 is 21.5 Å². The van der Waals surface area contributed by atoms with E-state index in [1.165, 1.54) is 37.3 Å². The smallest absolute Gasteiger partial charge is 0.333 e. The number of thioether (sulfide) groups is 1. The van der Waals surface area contributed by atoms with E-state index in [2.05, 4.69) is 23.5 Å². The Balaban J connectivity index is 2.22. The number of anilines is 2. The van der Waals surface area contributed by atoms with Crippen LogP contribution < -0.4 is 9.64 Å². The predicted molar refractivity (Wildman–Crippen MR) is 158 cm³/mol. The van der Waals surface area contributed by atoms with Crippen LogP contribution >= 0.6 is 22.4 Å². The second-order valence-corrected chi connectivity index (χ2v) is 12.7. The molecule has 0 fully saturated rings. The van der Waals surface area contributed by atoms with Crippen LogP contribution in [0, 0.1) is 15.5 Å². The number of methoxy groups -OCH3 is 1. The zero-order valence-corrected chi connectivity index (χ0v) is 24.6. The average Bonchev–Trinajstić information content (AvgIpc) is 3.02. The van der Waals surface area contributed by atoms with Gasteiger partial charge in [0.25, 0.3) is 5.69 Å². The number of esters is 1. The van der Waals surface area contributed by atoms with Crippen molar-refractivity contribution in [1.29, 1.82) is 0 Å². The van der Waals surface area contributed by atoms with Gasteiger partial charge in [0, 0.05) is 41.6 Å². The van der Waals surface area contributed by atoms with Crippen molar-refractivity contribution in [3.63, 3.8) is 0 Å². The highest BCUT2D eigenvalue weighted by atomic mass is 32.3. The topological polar surface area (TPSA) is 122 Å². The second-order valence-electron chi connectivity index (χ2n) is 9.79. The molecule has 2 aromatic carbocycles. The quantitative estimate of drug-likeness (QED) is 0.0643. The number of carbonyl (C=O) groups excluding carboxylic acids is 1. The number of fused-ring (bicyclic) bond motifs is 1. The van der Waals surface area contributed by atoms with Gasteiger partial charge in [-0.2, -0.15) is 10.6 Å². The standard InChI is InChI=1S/C28H38N2O7S2/c1-5-7-14-28(15-8-6-2)19-29(21-9-11-22(12-10-21)30(32)33)23-17-25(38-4)24(37-16-13-27(31)36-3)18-26(23)39(34,35)20-28/h9-13,16-18,34-35H,5-8,14-15,19-20H2,1-4H3/b16-13+. The molecule has 1 heterocycles. The van der Waals surface area contributed by atoms with Gasteiger partial charge in [0.15, 0.2) is 0 Å².